The zero-order chi connectivity index (χ0) is 34.8. The molecule has 5 nitrogen and oxygen atoms in total. The molecule has 3 aromatic heterocycles. The summed E-state index contributed by atoms with van der Waals surface area (Å²) in [5.74, 6) is 1.87. The van der Waals surface area contributed by atoms with E-state index >= 15 is 0 Å². The van der Waals surface area contributed by atoms with Crippen LogP contribution in [0.4, 0.5) is 0 Å². The van der Waals surface area contributed by atoms with Crippen LogP contribution < -0.4 is 0 Å². The van der Waals surface area contributed by atoms with E-state index in [0.717, 1.165) is 44.4 Å². The summed E-state index contributed by atoms with van der Waals surface area (Å²) in [6, 6.07) is 58.1. The fourth-order valence-electron chi connectivity index (χ4n) is 7.60. The Balaban J connectivity index is 1.22. The second-order valence-electron chi connectivity index (χ2n) is 13.5. The second kappa shape index (κ2) is 11.9. The Labute approximate surface area is 301 Å². The molecular weight excluding hydrogens is 635 g/mol. The summed E-state index contributed by atoms with van der Waals surface area (Å²) in [6.45, 7) is 4.18. The largest absolute Gasteiger partial charge is 0.309 e. The predicted molar refractivity (Wildman–Crippen MR) is 214 cm³/mol. The van der Waals surface area contributed by atoms with Crippen molar-refractivity contribution in [2.75, 3.05) is 0 Å². The summed E-state index contributed by atoms with van der Waals surface area (Å²) in [7, 11) is 0. The number of nitrogens with zero attached hydrogens (tertiary/aromatic N) is 5. The lowest BCUT2D eigenvalue weighted by Crippen LogP contribution is -2.06. The number of rotatable bonds is 5. The van der Waals surface area contributed by atoms with E-state index in [9.17, 15) is 0 Å². The van der Waals surface area contributed by atoms with Gasteiger partial charge in [0.05, 0.1) is 22.1 Å². The molecule has 0 saturated heterocycles. The number of para-hydroxylation sites is 3. The monoisotopic (exact) mass is 667 g/mol. The van der Waals surface area contributed by atoms with Crippen molar-refractivity contribution < 1.29 is 0 Å². The van der Waals surface area contributed by atoms with E-state index < -0.39 is 0 Å². The molecule has 0 N–H and O–H groups in total. The summed E-state index contributed by atoms with van der Waals surface area (Å²) in [4.78, 5) is 15.3. The van der Waals surface area contributed by atoms with Crippen LogP contribution in [0.5, 0.6) is 0 Å². The molecule has 0 saturated carbocycles. The third kappa shape index (κ3) is 4.82. The van der Waals surface area contributed by atoms with Gasteiger partial charge in [0, 0.05) is 38.4 Å². The molecule has 0 radical (unpaired) electrons. The Hall–Kier alpha value is -6.85. The summed E-state index contributed by atoms with van der Waals surface area (Å²) in [5, 5.41) is 4.77. The maximum Gasteiger partial charge on any atom is 0.238 e. The van der Waals surface area contributed by atoms with E-state index in [4.69, 9.17) is 15.0 Å². The zero-order valence-corrected chi connectivity index (χ0v) is 28.8. The van der Waals surface area contributed by atoms with Crippen molar-refractivity contribution in [3.05, 3.63) is 175 Å². The number of hydrogen-bond acceptors (Lipinski definition) is 3. The molecule has 0 amide bonds. The first-order valence-electron chi connectivity index (χ1n) is 17.6. The number of aromatic nitrogens is 5. The van der Waals surface area contributed by atoms with Crippen LogP contribution >= 0.6 is 0 Å². The highest BCUT2D eigenvalue weighted by molar-refractivity contribution is 6.17. The predicted octanol–water partition coefficient (Wildman–Crippen LogP) is 11.7. The van der Waals surface area contributed by atoms with Gasteiger partial charge in [-0.3, -0.25) is 4.57 Å². The van der Waals surface area contributed by atoms with Crippen molar-refractivity contribution in [3.63, 3.8) is 0 Å². The van der Waals surface area contributed by atoms with Gasteiger partial charge in [0.15, 0.2) is 11.6 Å². The lowest BCUT2D eigenvalue weighted by Gasteiger charge is -2.11. The van der Waals surface area contributed by atoms with Gasteiger partial charge < -0.3 is 4.57 Å². The topological polar surface area (TPSA) is 48.5 Å². The standard InChI is InChI=1S/C47H33N5/c1-30-19-23-32(24-20-30)45-48-46(33-25-21-31(2)22-26-33)50-47(49-45)52-41-17-9-7-14-38(41)44-36(15-10-18-43(44)52)34-27-28-42-39(29-34)37-13-6-8-16-40(37)51(42)35-11-4-3-5-12-35/h3-29H,1-2H3. The van der Waals surface area contributed by atoms with Crippen molar-refractivity contribution >= 4 is 43.6 Å². The van der Waals surface area contributed by atoms with Crippen molar-refractivity contribution in [1.29, 1.82) is 0 Å². The fourth-order valence-corrected chi connectivity index (χ4v) is 7.60. The van der Waals surface area contributed by atoms with Crippen LogP contribution in [0.15, 0.2) is 164 Å². The Morgan fingerprint density at radius 3 is 1.60 bits per heavy atom. The van der Waals surface area contributed by atoms with E-state index in [-0.39, 0.29) is 0 Å². The van der Waals surface area contributed by atoms with E-state index in [0.29, 0.717) is 17.6 Å². The molecule has 52 heavy (non-hydrogen) atoms. The number of benzene rings is 7. The van der Waals surface area contributed by atoms with E-state index in [2.05, 4.69) is 187 Å². The molecule has 0 fully saturated rings. The van der Waals surface area contributed by atoms with Crippen LogP contribution in [-0.2, 0) is 0 Å². The molecule has 0 unspecified atom stereocenters. The van der Waals surface area contributed by atoms with Gasteiger partial charge in [-0.05, 0) is 67.4 Å². The number of aryl methyl sites for hydroxylation is 2. The minimum absolute atomic E-state index is 0.589. The smallest absolute Gasteiger partial charge is 0.238 e. The fraction of sp³-hybridized carbons (Fsp3) is 0.0426. The molecule has 0 atom stereocenters. The van der Waals surface area contributed by atoms with Crippen molar-refractivity contribution in [3.8, 4) is 45.5 Å². The van der Waals surface area contributed by atoms with E-state index in [1.54, 1.807) is 0 Å². The maximum atomic E-state index is 5.17. The molecule has 7 aromatic carbocycles. The number of hydrogen-bond donors (Lipinski definition) is 0. The van der Waals surface area contributed by atoms with Gasteiger partial charge in [-0.25, -0.2) is 4.98 Å². The Morgan fingerprint density at radius 2 is 0.923 bits per heavy atom. The second-order valence-corrected chi connectivity index (χ2v) is 13.5. The van der Waals surface area contributed by atoms with E-state index in [1.807, 2.05) is 0 Å². The Kier molecular flexibility index (Phi) is 6.86. The highest BCUT2D eigenvalue weighted by atomic mass is 15.2. The molecule has 5 heteroatoms. The van der Waals surface area contributed by atoms with E-state index in [1.165, 1.54) is 38.3 Å². The first-order valence-corrected chi connectivity index (χ1v) is 17.6. The maximum absolute atomic E-state index is 5.17. The Bertz CT molecular complexity index is 2890. The first kappa shape index (κ1) is 30.0. The molecule has 246 valence electrons. The van der Waals surface area contributed by atoms with Gasteiger partial charge in [-0.15, -0.1) is 0 Å². The molecule has 0 aliphatic heterocycles. The molecule has 0 spiro atoms. The lowest BCUT2D eigenvalue weighted by molar-refractivity contribution is 0.953. The molecule has 10 aromatic rings. The van der Waals surface area contributed by atoms with Crippen molar-refractivity contribution in [2.24, 2.45) is 0 Å². The summed E-state index contributed by atoms with van der Waals surface area (Å²) in [5.41, 5.74) is 12.2. The first-order chi connectivity index (χ1) is 25.6. The minimum atomic E-state index is 0.589. The van der Waals surface area contributed by atoms with Crippen LogP contribution in [0.1, 0.15) is 11.1 Å². The van der Waals surface area contributed by atoms with Gasteiger partial charge in [-0.2, -0.15) is 9.97 Å². The molecule has 0 bridgehead atoms. The van der Waals surface area contributed by atoms with Crippen molar-refractivity contribution in [1.82, 2.24) is 24.1 Å². The zero-order valence-electron chi connectivity index (χ0n) is 28.8. The van der Waals surface area contributed by atoms with Gasteiger partial charge in [0.1, 0.15) is 0 Å². The van der Waals surface area contributed by atoms with Gasteiger partial charge in [-0.1, -0.05) is 132 Å². The van der Waals surface area contributed by atoms with Crippen LogP contribution in [0.2, 0.25) is 0 Å². The van der Waals surface area contributed by atoms with Gasteiger partial charge in [0.2, 0.25) is 5.95 Å². The highest BCUT2D eigenvalue weighted by Gasteiger charge is 2.21. The average molecular weight is 668 g/mol. The number of fused-ring (bicyclic) bond motifs is 6. The minimum Gasteiger partial charge on any atom is -0.309 e. The Morgan fingerprint density at radius 1 is 0.385 bits per heavy atom. The van der Waals surface area contributed by atoms with Gasteiger partial charge in [0.25, 0.3) is 0 Å². The molecule has 0 aliphatic rings. The highest BCUT2D eigenvalue weighted by Crippen LogP contribution is 2.41. The van der Waals surface area contributed by atoms with Crippen LogP contribution in [0.3, 0.4) is 0 Å². The van der Waals surface area contributed by atoms with Crippen LogP contribution in [0, 0.1) is 13.8 Å². The SMILES string of the molecule is Cc1ccc(-c2nc(-c3ccc(C)cc3)nc(-n3c4ccccc4c4c(-c5ccc6c(c5)c5ccccc5n6-c5ccccc5)cccc43)n2)cc1. The van der Waals surface area contributed by atoms with Crippen molar-refractivity contribution in [2.45, 2.75) is 13.8 Å². The quantitative estimate of drug-likeness (QED) is 0.184. The third-order valence-corrected chi connectivity index (χ3v) is 10.1. The summed E-state index contributed by atoms with van der Waals surface area (Å²) in [6.07, 6.45) is 0. The normalized spacial score (nSPS) is 11.7. The molecule has 0 aliphatic carbocycles. The third-order valence-electron chi connectivity index (χ3n) is 10.1. The average Bonchev–Trinajstić information content (AvgIpc) is 3.71. The molecule has 10 rings (SSSR count). The summed E-state index contributed by atoms with van der Waals surface area (Å²) < 4.78 is 4.56. The summed E-state index contributed by atoms with van der Waals surface area (Å²) >= 11 is 0. The van der Waals surface area contributed by atoms with Crippen LogP contribution in [0.25, 0.3) is 89.2 Å². The molecular formula is C47H33N5. The van der Waals surface area contributed by atoms with Gasteiger partial charge >= 0.3 is 0 Å². The van der Waals surface area contributed by atoms with Crippen LogP contribution in [-0.4, -0.2) is 24.1 Å². The molecule has 3 heterocycles. The lowest BCUT2D eigenvalue weighted by atomic mass is 9.98.